The van der Waals surface area contributed by atoms with Crippen LogP contribution in [0.4, 0.5) is 23.8 Å². The van der Waals surface area contributed by atoms with Crippen molar-refractivity contribution in [1.29, 1.82) is 0 Å². The minimum atomic E-state index is -4.64. The van der Waals surface area contributed by atoms with Crippen LogP contribution in [0.3, 0.4) is 0 Å². The number of alkyl halides is 3. The first kappa shape index (κ1) is 15.5. The molecule has 0 aliphatic carbocycles. The topological polar surface area (TPSA) is 123 Å². The van der Waals surface area contributed by atoms with Crippen LogP contribution in [0.15, 0.2) is 12.1 Å². The number of carbonyl (C=O) groups excluding carboxylic acids is 2. The molecule has 0 radical (unpaired) electrons. The Hall–Kier alpha value is -2.52. The predicted octanol–water partition coefficient (Wildman–Crippen LogP) is 0.280. The molecule has 0 aromatic carbocycles. The SMILES string of the molecule is NC(=O)NCCNc1nc(C(F)(F)F)ccc1C(N)=O. The van der Waals surface area contributed by atoms with Crippen LogP contribution in [0.5, 0.6) is 0 Å². The van der Waals surface area contributed by atoms with E-state index in [9.17, 15) is 22.8 Å². The second-order valence-electron chi connectivity index (χ2n) is 3.67. The minimum absolute atomic E-state index is 0.0253. The Labute approximate surface area is 111 Å². The van der Waals surface area contributed by atoms with Gasteiger partial charge in [0.15, 0.2) is 0 Å². The molecule has 0 bridgehead atoms. The zero-order valence-electron chi connectivity index (χ0n) is 10.1. The van der Waals surface area contributed by atoms with Crippen molar-refractivity contribution in [3.8, 4) is 0 Å². The lowest BCUT2D eigenvalue weighted by atomic mass is 10.2. The van der Waals surface area contributed by atoms with Gasteiger partial charge in [0.2, 0.25) is 0 Å². The summed E-state index contributed by atoms with van der Waals surface area (Å²) in [6, 6.07) is 0.813. The Balaban J connectivity index is 2.89. The second-order valence-corrected chi connectivity index (χ2v) is 3.67. The molecule has 0 aliphatic heterocycles. The van der Waals surface area contributed by atoms with E-state index in [0.717, 1.165) is 6.07 Å². The standard InChI is InChI=1S/C10H12F3N5O2/c11-10(12,13)6-2-1-5(7(14)19)8(18-6)16-3-4-17-9(15)20/h1-2H,3-4H2,(H2,14,19)(H,16,18)(H3,15,17,20). The molecule has 1 aromatic heterocycles. The third-order valence-corrected chi connectivity index (χ3v) is 2.17. The largest absolute Gasteiger partial charge is 0.433 e. The predicted molar refractivity (Wildman–Crippen MR) is 63.8 cm³/mol. The smallest absolute Gasteiger partial charge is 0.368 e. The Morgan fingerprint density at radius 3 is 2.35 bits per heavy atom. The lowest BCUT2D eigenvalue weighted by Gasteiger charge is -2.12. The molecule has 0 saturated carbocycles. The fourth-order valence-electron chi connectivity index (χ4n) is 1.32. The van der Waals surface area contributed by atoms with E-state index < -0.39 is 23.8 Å². The summed E-state index contributed by atoms with van der Waals surface area (Å²) in [6.45, 7) is 0.0724. The summed E-state index contributed by atoms with van der Waals surface area (Å²) in [5.41, 5.74) is 8.51. The number of urea groups is 1. The number of carbonyl (C=O) groups is 2. The Morgan fingerprint density at radius 2 is 1.85 bits per heavy atom. The van der Waals surface area contributed by atoms with Crippen molar-refractivity contribution in [1.82, 2.24) is 10.3 Å². The molecule has 6 N–H and O–H groups in total. The highest BCUT2D eigenvalue weighted by atomic mass is 19.4. The van der Waals surface area contributed by atoms with E-state index in [1.807, 2.05) is 0 Å². The van der Waals surface area contributed by atoms with Crippen LogP contribution in [0.2, 0.25) is 0 Å². The summed E-state index contributed by atoms with van der Waals surface area (Å²) < 4.78 is 37.5. The average molecular weight is 291 g/mol. The molecule has 10 heteroatoms. The van der Waals surface area contributed by atoms with E-state index in [2.05, 4.69) is 15.6 Å². The summed E-state index contributed by atoms with van der Waals surface area (Å²) in [5.74, 6) is -1.23. The van der Waals surface area contributed by atoms with Gasteiger partial charge in [-0.2, -0.15) is 13.2 Å². The Kier molecular flexibility index (Phi) is 4.73. The highest BCUT2D eigenvalue weighted by molar-refractivity contribution is 5.97. The zero-order valence-corrected chi connectivity index (χ0v) is 10.1. The quantitative estimate of drug-likeness (QED) is 0.582. The van der Waals surface area contributed by atoms with Crippen molar-refractivity contribution in [3.05, 3.63) is 23.4 Å². The molecule has 7 nitrogen and oxygen atoms in total. The van der Waals surface area contributed by atoms with Crippen molar-refractivity contribution >= 4 is 17.8 Å². The first-order valence-corrected chi connectivity index (χ1v) is 5.37. The van der Waals surface area contributed by atoms with Crippen LogP contribution in [0.1, 0.15) is 16.1 Å². The number of aromatic nitrogens is 1. The van der Waals surface area contributed by atoms with Gasteiger partial charge >= 0.3 is 12.2 Å². The van der Waals surface area contributed by atoms with Crippen LogP contribution < -0.4 is 22.1 Å². The molecule has 0 saturated heterocycles. The van der Waals surface area contributed by atoms with Gasteiger partial charge in [0.1, 0.15) is 11.5 Å². The summed E-state index contributed by atoms with van der Waals surface area (Å²) in [4.78, 5) is 24.8. The number of nitrogens with zero attached hydrogens (tertiary/aromatic N) is 1. The maximum atomic E-state index is 12.5. The van der Waals surface area contributed by atoms with Gasteiger partial charge in [-0.05, 0) is 12.1 Å². The first-order chi connectivity index (χ1) is 9.21. The normalized spacial score (nSPS) is 10.9. The molecule has 110 valence electrons. The van der Waals surface area contributed by atoms with E-state index in [-0.39, 0.29) is 24.5 Å². The number of hydrogen-bond donors (Lipinski definition) is 4. The van der Waals surface area contributed by atoms with E-state index in [1.165, 1.54) is 0 Å². The van der Waals surface area contributed by atoms with Crippen molar-refractivity contribution in [3.63, 3.8) is 0 Å². The van der Waals surface area contributed by atoms with Gasteiger partial charge in [0.05, 0.1) is 5.56 Å². The van der Waals surface area contributed by atoms with Gasteiger partial charge in [0.25, 0.3) is 5.91 Å². The third kappa shape index (κ3) is 4.30. The molecule has 0 aliphatic rings. The van der Waals surface area contributed by atoms with Gasteiger partial charge in [0, 0.05) is 13.1 Å². The third-order valence-electron chi connectivity index (χ3n) is 2.17. The van der Waals surface area contributed by atoms with Crippen LogP contribution >= 0.6 is 0 Å². The van der Waals surface area contributed by atoms with Crippen LogP contribution in [-0.2, 0) is 6.18 Å². The van der Waals surface area contributed by atoms with Crippen LogP contribution in [-0.4, -0.2) is 30.0 Å². The maximum absolute atomic E-state index is 12.5. The van der Waals surface area contributed by atoms with Gasteiger partial charge < -0.3 is 22.1 Å². The summed E-state index contributed by atoms with van der Waals surface area (Å²) >= 11 is 0. The molecule has 1 heterocycles. The fraction of sp³-hybridized carbons (Fsp3) is 0.300. The molecule has 0 unspecified atom stereocenters. The van der Waals surface area contributed by atoms with Crippen molar-refractivity contribution in [2.75, 3.05) is 18.4 Å². The molecule has 0 spiro atoms. The number of anilines is 1. The van der Waals surface area contributed by atoms with Gasteiger partial charge in [-0.15, -0.1) is 0 Å². The molecular formula is C10H12F3N5O2. The Bertz CT molecular complexity index is 518. The second kappa shape index (κ2) is 6.08. The van der Waals surface area contributed by atoms with E-state index in [0.29, 0.717) is 6.07 Å². The zero-order chi connectivity index (χ0) is 15.3. The fourth-order valence-corrected chi connectivity index (χ4v) is 1.32. The number of pyridine rings is 1. The molecule has 3 amide bonds. The summed E-state index contributed by atoms with van der Waals surface area (Å²) in [6.07, 6.45) is -4.64. The first-order valence-electron chi connectivity index (χ1n) is 5.37. The number of hydrogen-bond acceptors (Lipinski definition) is 4. The highest BCUT2D eigenvalue weighted by Gasteiger charge is 2.33. The number of amides is 3. The molecular weight excluding hydrogens is 279 g/mol. The Morgan fingerprint density at radius 1 is 1.20 bits per heavy atom. The van der Waals surface area contributed by atoms with Gasteiger partial charge in [-0.25, -0.2) is 9.78 Å². The molecule has 1 aromatic rings. The molecule has 20 heavy (non-hydrogen) atoms. The molecule has 1 rings (SSSR count). The molecule has 0 fully saturated rings. The number of halogens is 3. The van der Waals surface area contributed by atoms with Crippen molar-refractivity contribution in [2.45, 2.75) is 6.18 Å². The molecule has 0 atom stereocenters. The lowest BCUT2D eigenvalue weighted by Crippen LogP contribution is -2.33. The van der Waals surface area contributed by atoms with E-state index in [1.54, 1.807) is 0 Å². The number of nitrogens with one attached hydrogen (secondary N) is 2. The van der Waals surface area contributed by atoms with Crippen LogP contribution in [0, 0.1) is 0 Å². The van der Waals surface area contributed by atoms with Crippen molar-refractivity contribution < 1.29 is 22.8 Å². The monoisotopic (exact) mass is 291 g/mol. The summed E-state index contributed by atoms with van der Waals surface area (Å²) in [7, 11) is 0. The van der Waals surface area contributed by atoms with Crippen molar-refractivity contribution in [2.24, 2.45) is 11.5 Å². The highest BCUT2D eigenvalue weighted by Crippen LogP contribution is 2.29. The van der Waals surface area contributed by atoms with E-state index >= 15 is 0 Å². The maximum Gasteiger partial charge on any atom is 0.433 e. The lowest BCUT2D eigenvalue weighted by molar-refractivity contribution is -0.141. The summed E-state index contributed by atoms with van der Waals surface area (Å²) in [5, 5.41) is 4.70. The number of primary amides is 2. The van der Waals surface area contributed by atoms with Crippen LogP contribution in [0.25, 0.3) is 0 Å². The van der Waals surface area contributed by atoms with Gasteiger partial charge in [-0.1, -0.05) is 0 Å². The minimum Gasteiger partial charge on any atom is -0.368 e. The van der Waals surface area contributed by atoms with Gasteiger partial charge in [-0.3, -0.25) is 4.79 Å². The average Bonchev–Trinajstić information content (AvgIpc) is 2.32. The van der Waals surface area contributed by atoms with E-state index in [4.69, 9.17) is 11.5 Å². The number of rotatable bonds is 5. The number of nitrogens with two attached hydrogens (primary N) is 2.